The van der Waals surface area contributed by atoms with Crippen LogP contribution in [0.25, 0.3) is 64.3 Å². The molecule has 4 aromatic carbocycles. The number of aryl methyl sites for hydroxylation is 1. The average molecular weight is 992 g/mol. The highest BCUT2D eigenvalue weighted by atomic mass is 32.2. The lowest BCUT2D eigenvalue weighted by molar-refractivity contribution is -0.123. The van der Waals surface area contributed by atoms with E-state index in [4.69, 9.17) is 4.74 Å². The Balaban J connectivity index is 1.14. The summed E-state index contributed by atoms with van der Waals surface area (Å²) in [5, 5.41) is 6.95. The molecule has 0 bridgehead atoms. The highest BCUT2D eigenvalue weighted by Gasteiger charge is 2.45. The molecule has 0 unspecified atom stereocenters. The SMILES string of the molecule is CC(C)S(=O)(=O)c1ccc2c(c1)c(C1=C(c3csc4cc(F)ccc34)C(=O)NC1=O)cn2N1C(=O)C(c2csc3cc(S(=O)(=O)N4CCOCC4)ccc23)=C(c2cn(C)c3ccc(F)cc23)C1=O. The number of sulfone groups is 1. The minimum Gasteiger partial charge on any atom is -0.379 e. The van der Waals surface area contributed by atoms with E-state index in [1.54, 1.807) is 40.7 Å². The van der Waals surface area contributed by atoms with Crippen LogP contribution in [0, 0.1) is 11.6 Å². The first-order valence-corrected chi connectivity index (χ1v) is 25.8. The molecule has 4 amide bonds. The molecule has 0 saturated carbocycles. The van der Waals surface area contributed by atoms with Crippen molar-refractivity contribution in [1.82, 2.24) is 18.9 Å². The summed E-state index contributed by atoms with van der Waals surface area (Å²) in [5.41, 5.74) is 1.03. The van der Waals surface area contributed by atoms with E-state index in [1.807, 2.05) is 0 Å². The van der Waals surface area contributed by atoms with E-state index in [9.17, 15) is 30.8 Å². The van der Waals surface area contributed by atoms with E-state index < -0.39 is 60.4 Å². The first-order valence-electron chi connectivity index (χ1n) is 21.1. The fraction of sp³-hybridized carbons (Fsp3) is 0.167. The molecule has 0 atom stereocenters. The molecule has 1 fully saturated rings. The number of hydrogen-bond acceptors (Lipinski definition) is 11. The summed E-state index contributed by atoms with van der Waals surface area (Å²) in [6, 6.07) is 16.7. The van der Waals surface area contributed by atoms with Gasteiger partial charge in [0.25, 0.3) is 23.6 Å². The smallest absolute Gasteiger partial charge is 0.281 e. The van der Waals surface area contributed by atoms with Gasteiger partial charge in [-0.05, 0) is 80.6 Å². The second-order valence-corrected chi connectivity index (χ2v) is 23.1. The highest BCUT2D eigenvalue weighted by molar-refractivity contribution is 7.92. The van der Waals surface area contributed by atoms with E-state index >= 15 is 14.0 Å². The van der Waals surface area contributed by atoms with Gasteiger partial charge in [-0.15, -0.1) is 22.7 Å². The number of thiophene rings is 2. The summed E-state index contributed by atoms with van der Waals surface area (Å²) in [4.78, 5) is 58.7. The first-order chi connectivity index (χ1) is 32.4. The summed E-state index contributed by atoms with van der Waals surface area (Å²) in [5.74, 6) is -4.42. The quantitative estimate of drug-likeness (QED) is 0.147. The van der Waals surface area contributed by atoms with Crippen molar-refractivity contribution in [2.75, 3.05) is 31.3 Å². The number of rotatable bonds is 9. The third kappa shape index (κ3) is 6.56. The van der Waals surface area contributed by atoms with Crippen molar-refractivity contribution in [3.8, 4) is 0 Å². The van der Waals surface area contributed by atoms with Gasteiger partial charge in [0.2, 0.25) is 10.0 Å². The number of nitrogens with zero attached hydrogens (tertiary/aromatic N) is 4. The fourth-order valence-electron chi connectivity index (χ4n) is 9.25. The third-order valence-electron chi connectivity index (χ3n) is 12.6. The van der Waals surface area contributed by atoms with Crippen LogP contribution in [0.3, 0.4) is 0 Å². The van der Waals surface area contributed by atoms with Crippen LogP contribution in [0.2, 0.25) is 0 Å². The standard InChI is InChI=1S/C48H35F2N5O9S4/c1-24(2)67(60,61)27-7-11-38-32(18-27)34(41-42(46(57)51-45(41)56)35-22-65-39-17-26(50)4-8-29(35)39)21-54(38)55-47(58)43(33-20-52(3)37-10-5-25(49)16-31(33)37)44(48(55)59)36-23-66-40-19-28(6-9-30(36)40)68(62,63)53-12-14-64-15-13-53/h4-11,16-24H,12-15H2,1-3H3,(H,51,56,57). The summed E-state index contributed by atoms with van der Waals surface area (Å²) in [6.07, 6.45) is 2.94. The summed E-state index contributed by atoms with van der Waals surface area (Å²) >= 11 is 2.31. The number of carbonyl (C=O) groups is 4. The van der Waals surface area contributed by atoms with Gasteiger partial charge in [-0.2, -0.15) is 9.31 Å². The van der Waals surface area contributed by atoms with Crippen LogP contribution in [0.5, 0.6) is 0 Å². The normalized spacial score (nSPS) is 16.7. The molecule has 1 N–H and O–H groups in total. The summed E-state index contributed by atoms with van der Waals surface area (Å²) in [6.45, 7) is 3.88. The van der Waals surface area contributed by atoms with E-state index in [-0.39, 0.29) is 86.0 Å². The van der Waals surface area contributed by atoms with Gasteiger partial charge in [0.05, 0.1) is 56.1 Å². The molecule has 14 nitrogen and oxygen atoms in total. The van der Waals surface area contributed by atoms with Crippen molar-refractivity contribution in [1.29, 1.82) is 0 Å². The number of benzene rings is 4. The summed E-state index contributed by atoms with van der Waals surface area (Å²) in [7, 11) is -6.17. The van der Waals surface area contributed by atoms with Crippen molar-refractivity contribution in [3.05, 3.63) is 130 Å². The molecule has 0 radical (unpaired) electrons. The van der Waals surface area contributed by atoms with Gasteiger partial charge in [-0.3, -0.25) is 24.5 Å². The van der Waals surface area contributed by atoms with Crippen molar-refractivity contribution >= 4 is 130 Å². The second-order valence-electron chi connectivity index (χ2n) is 16.8. The molecule has 11 rings (SSSR count). The maximum atomic E-state index is 15.5. The number of aromatic nitrogens is 2. The number of amides is 4. The molecule has 0 spiro atoms. The van der Waals surface area contributed by atoms with Gasteiger partial charge < -0.3 is 9.30 Å². The predicted molar refractivity (Wildman–Crippen MR) is 255 cm³/mol. The van der Waals surface area contributed by atoms with Crippen LogP contribution in [-0.2, 0) is 50.8 Å². The van der Waals surface area contributed by atoms with Crippen molar-refractivity contribution in [3.63, 3.8) is 0 Å². The van der Waals surface area contributed by atoms with Crippen LogP contribution in [-0.4, -0.2) is 85.6 Å². The third-order valence-corrected chi connectivity index (χ3v) is 18.6. The Morgan fingerprint density at radius 2 is 1.16 bits per heavy atom. The van der Waals surface area contributed by atoms with Gasteiger partial charge in [0.1, 0.15) is 11.6 Å². The van der Waals surface area contributed by atoms with Crippen LogP contribution in [0.1, 0.15) is 36.1 Å². The molecular weight excluding hydrogens is 957 g/mol. The number of ether oxygens (including phenoxy) is 1. The molecular formula is C48H35F2N5O9S4. The van der Waals surface area contributed by atoms with Crippen molar-refractivity contribution < 1.29 is 49.5 Å². The van der Waals surface area contributed by atoms with E-state index in [2.05, 4.69) is 5.32 Å². The van der Waals surface area contributed by atoms with Gasteiger partial charge >= 0.3 is 0 Å². The Kier molecular flexibility index (Phi) is 10.1. The zero-order chi connectivity index (χ0) is 47.7. The zero-order valence-corrected chi connectivity index (χ0v) is 39.3. The Morgan fingerprint density at radius 1 is 0.618 bits per heavy atom. The first kappa shape index (κ1) is 43.9. The number of morpholine rings is 1. The molecule has 3 aliphatic heterocycles. The van der Waals surface area contributed by atoms with Crippen LogP contribution in [0.15, 0.2) is 106 Å². The van der Waals surface area contributed by atoms with Crippen molar-refractivity contribution in [2.45, 2.75) is 28.9 Å². The lowest BCUT2D eigenvalue weighted by Crippen LogP contribution is -2.40. The number of nitrogens with one attached hydrogen (secondary N) is 1. The lowest BCUT2D eigenvalue weighted by Gasteiger charge is -2.26. The second kappa shape index (κ2) is 15.7. The Bertz CT molecular complexity index is 3910. The lowest BCUT2D eigenvalue weighted by atomic mass is 9.95. The zero-order valence-electron chi connectivity index (χ0n) is 36.0. The van der Waals surface area contributed by atoms with Crippen LogP contribution in [0.4, 0.5) is 8.78 Å². The minimum atomic E-state index is -3.96. The number of imide groups is 2. The fourth-order valence-corrected chi connectivity index (χ4v) is 13.8. The number of halogens is 2. The number of fused-ring (bicyclic) bond motifs is 4. The Morgan fingerprint density at radius 3 is 1.85 bits per heavy atom. The number of hydrogen-bond donors (Lipinski definition) is 1. The molecule has 7 heterocycles. The maximum absolute atomic E-state index is 15.5. The Labute approximate surface area is 393 Å². The van der Waals surface area contributed by atoms with Gasteiger partial charge in [0.15, 0.2) is 9.84 Å². The van der Waals surface area contributed by atoms with Crippen molar-refractivity contribution in [2.24, 2.45) is 7.05 Å². The van der Waals surface area contributed by atoms with Gasteiger partial charge in [-0.25, -0.2) is 30.3 Å². The van der Waals surface area contributed by atoms with E-state index in [0.717, 1.165) is 27.7 Å². The number of sulfonamides is 1. The van der Waals surface area contributed by atoms with Crippen LogP contribution >= 0.6 is 22.7 Å². The number of carbonyl (C=O) groups excluding carboxylic acids is 4. The minimum absolute atomic E-state index is 0.0124. The molecule has 3 aliphatic rings. The average Bonchev–Trinajstić information content (AvgIpc) is 4.16. The summed E-state index contributed by atoms with van der Waals surface area (Å²) < 4.78 is 94.9. The van der Waals surface area contributed by atoms with Gasteiger partial charge in [0, 0.05) is 102 Å². The van der Waals surface area contributed by atoms with E-state index in [0.29, 0.717) is 36.6 Å². The molecule has 0 aliphatic carbocycles. The highest BCUT2D eigenvalue weighted by Crippen LogP contribution is 2.46. The van der Waals surface area contributed by atoms with E-state index in [1.165, 1.54) is 89.7 Å². The maximum Gasteiger partial charge on any atom is 0.281 e. The predicted octanol–water partition coefficient (Wildman–Crippen LogP) is 7.23. The topological polar surface area (TPSA) is 174 Å². The van der Waals surface area contributed by atoms with Gasteiger partial charge in [-0.1, -0.05) is 6.07 Å². The largest absolute Gasteiger partial charge is 0.379 e. The van der Waals surface area contributed by atoms with Crippen LogP contribution < -0.4 is 10.3 Å². The molecule has 8 aromatic rings. The molecule has 20 heteroatoms. The monoisotopic (exact) mass is 991 g/mol. The Hall–Kier alpha value is -6.68. The molecule has 1 saturated heterocycles. The molecule has 4 aromatic heterocycles. The molecule has 344 valence electrons. The molecule has 68 heavy (non-hydrogen) atoms.